The fraction of sp³-hybridized carbons (Fsp3) is 0.882. The van der Waals surface area contributed by atoms with Crippen molar-refractivity contribution in [2.24, 2.45) is 11.8 Å². The summed E-state index contributed by atoms with van der Waals surface area (Å²) in [7, 11) is 0. The van der Waals surface area contributed by atoms with Crippen molar-refractivity contribution in [1.29, 1.82) is 0 Å². The Morgan fingerprint density at radius 1 is 1.21 bits per heavy atom. The van der Waals surface area contributed by atoms with Crippen LogP contribution in [-0.2, 0) is 4.74 Å². The molecule has 7 nitrogen and oxygen atoms in total. The van der Waals surface area contributed by atoms with Crippen molar-refractivity contribution in [3.05, 3.63) is 0 Å². The van der Waals surface area contributed by atoms with Crippen molar-refractivity contribution in [2.75, 3.05) is 13.2 Å². The van der Waals surface area contributed by atoms with Crippen LogP contribution in [0.25, 0.3) is 0 Å². The summed E-state index contributed by atoms with van der Waals surface area (Å²) in [6, 6.07) is -0.109. The average Bonchev–Trinajstić information content (AvgIpc) is 2.45. The van der Waals surface area contributed by atoms with E-state index < -0.39 is 17.8 Å². The minimum atomic E-state index is -1.06. The van der Waals surface area contributed by atoms with Crippen LogP contribution in [0.5, 0.6) is 0 Å². The lowest BCUT2D eigenvalue weighted by Gasteiger charge is -2.34. The average molecular weight is 344 g/mol. The van der Waals surface area contributed by atoms with Gasteiger partial charge in [0.15, 0.2) is 0 Å². The van der Waals surface area contributed by atoms with Crippen molar-refractivity contribution in [2.45, 2.75) is 70.9 Å². The third-order valence-corrected chi connectivity index (χ3v) is 4.43. The molecule has 24 heavy (non-hydrogen) atoms. The number of aliphatic hydroxyl groups is 1. The molecule has 140 valence electrons. The van der Waals surface area contributed by atoms with E-state index in [1.54, 1.807) is 0 Å². The molecule has 1 aliphatic rings. The van der Waals surface area contributed by atoms with Gasteiger partial charge in [0.25, 0.3) is 0 Å². The molecular formula is C17H32N2O5. The van der Waals surface area contributed by atoms with Gasteiger partial charge >= 0.3 is 12.2 Å². The van der Waals surface area contributed by atoms with E-state index in [1.165, 1.54) is 0 Å². The summed E-state index contributed by atoms with van der Waals surface area (Å²) in [5.41, 5.74) is -0.563. The molecule has 2 amide bonds. The number of hydrogen-bond acceptors (Lipinski definition) is 4. The Balaban J connectivity index is 2.57. The van der Waals surface area contributed by atoms with Crippen LogP contribution in [0.2, 0.25) is 0 Å². The standard InChI is InChI=1S/C17H32N2O5/c1-17(2,3)24-16(23)19-14(8-10-18-15(21)22)13-6-4-12(5-7-13)9-11-20/h12-14,18,20H,4-11H2,1-3H3,(H,19,23)(H,21,22). The molecule has 1 fully saturated rings. The molecule has 0 bridgehead atoms. The Bertz CT molecular complexity index is 400. The number of carbonyl (C=O) groups is 2. The van der Waals surface area contributed by atoms with Crippen molar-refractivity contribution >= 4 is 12.2 Å². The first kappa shape index (κ1) is 20.5. The highest BCUT2D eigenvalue weighted by atomic mass is 16.6. The molecule has 0 aromatic heterocycles. The zero-order chi connectivity index (χ0) is 18.2. The molecule has 1 atom stereocenters. The number of carboxylic acid groups (broad SMARTS) is 1. The summed E-state index contributed by atoms with van der Waals surface area (Å²) in [5, 5.41) is 23.0. The van der Waals surface area contributed by atoms with Gasteiger partial charge in [-0.15, -0.1) is 0 Å². The topological polar surface area (TPSA) is 108 Å². The molecule has 0 spiro atoms. The maximum Gasteiger partial charge on any atom is 0.407 e. The Morgan fingerprint density at radius 2 is 1.83 bits per heavy atom. The fourth-order valence-electron chi connectivity index (χ4n) is 3.28. The quantitative estimate of drug-likeness (QED) is 0.568. The summed E-state index contributed by atoms with van der Waals surface area (Å²) in [6.45, 7) is 5.96. The molecule has 0 heterocycles. The fourth-order valence-corrected chi connectivity index (χ4v) is 3.28. The third kappa shape index (κ3) is 8.38. The van der Waals surface area contributed by atoms with E-state index in [0.717, 1.165) is 32.1 Å². The van der Waals surface area contributed by atoms with Crippen LogP contribution in [0.15, 0.2) is 0 Å². The smallest absolute Gasteiger partial charge is 0.407 e. The second-order valence-electron chi connectivity index (χ2n) is 7.57. The van der Waals surface area contributed by atoms with Gasteiger partial charge < -0.3 is 25.6 Å². The molecule has 0 aromatic rings. The van der Waals surface area contributed by atoms with Gasteiger partial charge in [0.2, 0.25) is 0 Å². The largest absolute Gasteiger partial charge is 0.465 e. The van der Waals surface area contributed by atoms with Crippen LogP contribution < -0.4 is 10.6 Å². The first-order valence-electron chi connectivity index (χ1n) is 8.78. The van der Waals surface area contributed by atoms with Gasteiger partial charge in [-0.2, -0.15) is 0 Å². The van der Waals surface area contributed by atoms with Gasteiger partial charge in [-0.25, -0.2) is 9.59 Å². The maximum absolute atomic E-state index is 12.1. The number of amides is 2. The number of carbonyl (C=O) groups excluding carboxylic acids is 1. The Morgan fingerprint density at radius 3 is 2.33 bits per heavy atom. The van der Waals surface area contributed by atoms with Gasteiger partial charge in [0.05, 0.1) is 0 Å². The third-order valence-electron chi connectivity index (χ3n) is 4.43. The summed E-state index contributed by atoms with van der Waals surface area (Å²) in [6.07, 6.45) is 3.86. The first-order chi connectivity index (χ1) is 11.2. The molecular weight excluding hydrogens is 312 g/mol. The molecule has 0 saturated heterocycles. The number of nitrogens with one attached hydrogen (secondary N) is 2. The van der Waals surface area contributed by atoms with E-state index in [0.29, 0.717) is 24.8 Å². The molecule has 0 radical (unpaired) electrons. The number of ether oxygens (including phenoxy) is 1. The molecule has 0 aliphatic heterocycles. The number of aliphatic hydroxyl groups excluding tert-OH is 1. The Labute approximate surface area is 144 Å². The lowest BCUT2D eigenvalue weighted by molar-refractivity contribution is 0.0467. The monoisotopic (exact) mass is 344 g/mol. The molecule has 1 aliphatic carbocycles. The van der Waals surface area contributed by atoms with E-state index in [4.69, 9.17) is 14.9 Å². The first-order valence-corrected chi connectivity index (χ1v) is 8.78. The highest BCUT2D eigenvalue weighted by Gasteiger charge is 2.29. The van der Waals surface area contributed by atoms with E-state index in [1.807, 2.05) is 20.8 Å². The van der Waals surface area contributed by atoms with Crippen LogP contribution in [0.1, 0.15) is 59.3 Å². The van der Waals surface area contributed by atoms with Gasteiger partial charge in [-0.05, 0) is 58.3 Å². The van der Waals surface area contributed by atoms with Gasteiger partial charge in [0, 0.05) is 19.2 Å². The number of alkyl carbamates (subject to hydrolysis) is 1. The summed E-state index contributed by atoms with van der Waals surface area (Å²) in [4.78, 5) is 22.7. The highest BCUT2D eigenvalue weighted by Crippen LogP contribution is 2.33. The minimum Gasteiger partial charge on any atom is -0.465 e. The second-order valence-corrected chi connectivity index (χ2v) is 7.57. The lowest BCUT2D eigenvalue weighted by atomic mass is 9.76. The highest BCUT2D eigenvalue weighted by molar-refractivity contribution is 5.68. The normalized spacial score (nSPS) is 22.5. The van der Waals surface area contributed by atoms with Crippen molar-refractivity contribution in [1.82, 2.24) is 10.6 Å². The summed E-state index contributed by atoms with van der Waals surface area (Å²) < 4.78 is 5.33. The Kier molecular flexibility index (Phi) is 8.31. The molecule has 1 saturated carbocycles. The van der Waals surface area contributed by atoms with Gasteiger partial charge in [0.1, 0.15) is 5.60 Å². The van der Waals surface area contributed by atoms with E-state index in [2.05, 4.69) is 10.6 Å². The summed E-state index contributed by atoms with van der Waals surface area (Å²) in [5.74, 6) is 0.855. The van der Waals surface area contributed by atoms with Crippen LogP contribution in [0, 0.1) is 11.8 Å². The maximum atomic E-state index is 12.1. The molecule has 0 aromatic carbocycles. The lowest BCUT2D eigenvalue weighted by Crippen LogP contribution is -2.45. The number of hydrogen-bond donors (Lipinski definition) is 4. The molecule has 4 N–H and O–H groups in total. The van der Waals surface area contributed by atoms with Crippen molar-refractivity contribution < 1.29 is 24.5 Å². The van der Waals surface area contributed by atoms with Gasteiger partial charge in [-0.1, -0.05) is 12.8 Å². The van der Waals surface area contributed by atoms with Gasteiger partial charge in [-0.3, -0.25) is 0 Å². The van der Waals surface area contributed by atoms with Crippen LogP contribution in [0.3, 0.4) is 0 Å². The summed E-state index contributed by atoms with van der Waals surface area (Å²) >= 11 is 0. The van der Waals surface area contributed by atoms with Crippen LogP contribution in [-0.4, -0.2) is 47.2 Å². The zero-order valence-corrected chi connectivity index (χ0v) is 15.0. The van der Waals surface area contributed by atoms with Crippen molar-refractivity contribution in [3.63, 3.8) is 0 Å². The SMILES string of the molecule is CC(C)(C)OC(=O)NC(CCNC(=O)O)C1CCC(CCO)CC1. The van der Waals surface area contributed by atoms with E-state index >= 15 is 0 Å². The molecule has 7 heteroatoms. The van der Waals surface area contributed by atoms with Crippen LogP contribution in [0.4, 0.5) is 9.59 Å². The van der Waals surface area contributed by atoms with Crippen molar-refractivity contribution in [3.8, 4) is 0 Å². The van der Waals surface area contributed by atoms with Crippen LogP contribution >= 0.6 is 0 Å². The Hall–Kier alpha value is -1.50. The zero-order valence-electron chi connectivity index (χ0n) is 15.0. The molecule has 1 rings (SSSR count). The predicted molar refractivity (Wildman–Crippen MR) is 91.0 cm³/mol. The van der Waals surface area contributed by atoms with E-state index in [9.17, 15) is 9.59 Å². The molecule has 1 unspecified atom stereocenters. The second kappa shape index (κ2) is 9.71. The number of rotatable bonds is 7. The van der Waals surface area contributed by atoms with E-state index in [-0.39, 0.29) is 12.6 Å². The predicted octanol–water partition coefficient (Wildman–Crippen LogP) is 2.73. The minimum absolute atomic E-state index is 0.109.